The Balaban J connectivity index is 1.29. The van der Waals surface area contributed by atoms with E-state index in [0.29, 0.717) is 28.4 Å². The van der Waals surface area contributed by atoms with Gasteiger partial charge in [-0.25, -0.2) is 9.37 Å². The van der Waals surface area contributed by atoms with Crippen molar-refractivity contribution in [3.05, 3.63) is 114 Å². The molecule has 0 spiro atoms. The zero-order valence-electron chi connectivity index (χ0n) is 21.1. The average molecular weight is 521 g/mol. The van der Waals surface area contributed by atoms with Gasteiger partial charge in [0.2, 0.25) is 11.8 Å². The number of H-pyrrole nitrogens is 1. The van der Waals surface area contributed by atoms with E-state index in [4.69, 9.17) is 10.5 Å². The fraction of sp³-hybridized carbons (Fsp3) is 0.0645. The van der Waals surface area contributed by atoms with E-state index in [1.54, 1.807) is 24.4 Å². The quantitative estimate of drug-likeness (QED) is 0.232. The van der Waals surface area contributed by atoms with Crippen molar-refractivity contribution in [3.63, 3.8) is 0 Å². The van der Waals surface area contributed by atoms with Gasteiger partial charge in [-0.1, -0.05) is 54.6 Å². The smallest absolute Gasteiger partial charge is 0.249 e. The van der Waals surface area contributed by atoms with Crippen LogP contribution in [0, 0.1) is 5.82 Å². The van der Waals surface area contributed by atoms with Gasteiger partial charge in [-0.2, -0.15) is 0 Å². The number of halogens is 1. The summed E-state index contributed by atoms with van der Waals surface area (Å²) >= 11 is 0. The van der Waals surface area contributed by atoms with Crippen LogP contribution in [-0.4, -0.2) is 28.9 Å². The second-order valence-electron chi connectivity index (χ2n) is 8.89. The van der Waals surface area contributed by atoms with Crippen molar-refractivity contribution in [3.8, 4) is 16.9 Å². The summed E-state index contributed by atoms with van der Waals surface area (Å²) in [6.45, 7) is 0. The van der Waals surface area contributed by atoms with Crippen LogP contribution in [0.3, 0.4) is 0 Å². The van der Waals surface area contributed by atoms with Crippen molar-refractivity contribution in [2.45, 2.75) is 6.42 Å². The number of benzene rings is 3. The minimum absolute atomic E-state index is 0.137. The fourth-order valence-corrected chi connectivity index (χ4v) is 4.37. The van der Waals surface area contributed by atoms with Crippen LogP contribution in [0.5, 0.6) is 5.75 Å². The number of carbonyl (C=O) groups excluding carboxylic acids is 2. The number of rotatable bonds is 8. The molecule has 0 aliphatic heterocycles. The largest absolute Gasteiger partial charge is 0.496 e. The van der Waals surface area contributed by atoms with Gasteiger partial charge < -0.3 is 20.8 Å². The second kappa shape index (κ2) is 11.0. The van der Waals surface area contributed by atoms with Crippen molar-refractivity contribution >= 4 is 40.3 Å². The highest BCUT2D eigenvalue weighted by molar-refractivity contribution is 6.24. The SMILES string of the molecule is COc1ccc(F)cc1-c1ccc(CC(=O)Nc2ccc3c(C=C(C(N)=O)c4ccccc4)c[nH]c3n2)cc1. The van der Waals surface area contributed by atoms with Crippen LogP contribution in [0.1, 0.15) is 16.7 Å². The number of carbonyl (C=O) groups is 2. The van der Waals surface area contributed by atoms with Gasteiger partial charge >= 0.3 is 0 Å². The molecule has 0 saturated carbocycles. The third-order valence-electron chi connectivity index (χ3n) is 6.28. The summed E-state index contributed by atoms with van der Waals surface area (Å²) in [6.07, 6.45) is 3.60. The summed E-state index contributed by atoms with van der Waals surface area (Å²) < 4.78 is 19.1. The summed E-state index contributed by atoms with van der Waals surface area (Å²) in [5, 5.41) is 3.60. The lowest BCUT2D eigenvalue weighted by Gasteiger charge is -2.10. The molecule has 0 aliphatic carbocycles. The maximum Gasteiger partial charge on any atom is 0.249 e. The molecule has 5 aromatic rings. The Kier molecular flexibility index (Phi) is 7.18. The summed E-state index contributed by atoms with van der Waals surface area (Å²) in [7, 11) is 1.54. The molecule has 2 heterocycles. The molecular weight excluding hydrogens is 495 g/mol. The molecule has 39 heavy (non-hydrogen) atoms. The highest BCUT2D eigenvalue weighted by Gasteiger charge is 2.13. The lowest BCUT2D eigenvalue weighted by atomic mass is 10.0. The third kappa shape index (κ3) is 5.70. The minimum atomic E-state index is -0.532. The molecule has 2 aromatic heterocycles. The molecule has 2 amide bonds. The minimum Gasteiger partial charge on any atom is -0.496 e. The van der Waals surface area contributed by atoms with Crippen LogP contribution in [0.2, 0.25) is 0 Å². The fourth-order valence-electron chi connectivity index (χ4n) is 4.37. The number of methoxy groups -OCH3 is 1. The Bertz CT molecular complexity index is 1690. The number of ether oxygens (including phenoxy) is 1. The van der Waals surface area contributed by atoms with E-state index in [0.717, 1.165) is 27.6 Å². The number of fused-ring (bicyclic) bond motifs is 1. The molecule has 8 heteroatoms. The zero-order valence-corrected chi connectivity index (χ0v) is 21.1. The summed E-state index contributed by atoms with van der Waals surface area (Å²) in [4.78, 5) is 32.4. The topological polar surface area (TPSA) is 110 Å². The number of nitrogens with one attached hydrogen (secondary N) is 2. The van der Waals surface area contributed by atoms with Gasteiger partial charge in [0.1, 0.15) is 23.0 Å². The number of nitrogens with two attached hydrogens (primary N) is 1. The maximum atomic E-state index is 13.7. The molecule has 0 atom stereocenters. The van der Waals surface area contributed by atoms with Gasteiger partial charge in [0.05, 0.1) is 13.5 Å². The number of anilines is 1. The molecule has 194 valence electrons. The highest BCUT2D eigenvalue weighted by Crippen LogP contribution is 2.31. The normalized spacial score (nSPS) is 11.4. The van der Waals surface area contributed by atoms with E-state index in [2.05, 4.69) is 15.3 Å². The van der Waals surface area contributed by atoms with Crippen LogP contribution < -0.4 is 15.8 Å². The molecule has 0 saturated heterocycles. The number of amides is 2. The summed E-state index contributed by atoms with van der Waals surface area (Å²) in [5.41, 5.74) is 10.3. The standard InChI is InChI=1S/C31H25FN4O3/c1-39-27-13-11-23(32)17-25(27)21-9-7-19(8-10-21)15-29(37)35-28-14-12-24-22(18-34-31(24)36-28)16-26(30(33)38)20-5-3-2-4-6-20/h2-14,16-18H,15H2,1H3,(H2,33,38)(H2,34,35,36,37). The Morgan fingerprint density at radius 3 is 2.51 bits per heavy atom. The predicted molar refractivity (Wildman–Crippen MR) is 150 cm³/mol. The Labute approximate surface area is 224 Å². The summed E-state index contributed by atoms with van der Waals surface area (Å²) in [6, 6.07) is 24.4. The van der Waals surface area contributed by atoms with Crippen LogP contribution >= 0.6 is 0 Å². The van der Waals surface area contributed by atoms with E-state index >= 15 is 0 Å². The first kappa shape index (κ1) is 25.4. The van der Waals surface area contributed by atoms with Gasteiger partial charge in [-0.05, 0) is 53.1 Å². The van der Waals surface area contributed by atoms with E-state index in [9.17, 15) is 14.0 Å². The number of hydrogen-bond donors (Lipinski definition) is 3. The first-order chi connectivity index (χ1) is 18.9. The summed E-state index contributed by atoms with van der Waals surface area (Å²) in [5.74, 6) is -0.157. The van der Waals surface area contributed by atoms with Gasteiger partial charge in [0.25, 0.3) is 0 Å². The van der Waals surface area contributed by atoms with Crippen molar-refractivity contribution in [1.82, 2.24) is 9.97 Å². The third-order valence-corrected chi connectivity index (χ3v) is 6.28. The number of nitrogens with zero attached hydrogens (tertiary/aromatic N) is 1. The van der Waals surface area contributed by atoms with Crippen LogP contribution in [0.15, 0.2) is 91.1 Å². The predicted octanol–water partition coefficient (Wildman–Crippen LogP) is 5.58. The van der Waals surface area contributed by atoms with Gasteiger partial charge in [-0.3, -0.25) is 9.59 Å². The number of hydrogen-bond acceptors (Lipinski definition) is 4. The van der Waals surface area contributed by atoms with Gasteiger partial charge in [-0.15, -0.1) is 0 Å². The molecule has 0 radical (unpaired) electrons. The first-order valence-corrected chi connectivity index (χ1v) is 12.2. The second-order valence-corrected chi connectivity index (χ2v) is 8.89. The molecule has 0 unspecified atom stereocenters. The maximum absolute atomic E-state index is 13.7. The Morgan fingerprint density at radius 2 is 1.79 bits per heavy atom. The van der Waals surface area contributed by atoms with E-state index in [-0.39, 0.29) is 18.1 Å². The average Bonchev–Trinajstić information content (AvgIpc) is 3.34. The van der Waals surface area contributed by atoms with E-state index in [1.807, 2.05) is 60.7 Å². The number of aromatic nitrogens is 2. The van der Waals surface area contributed by atoms with E-state index < -0.39 is 5.91 Å². The number of pyridine rings is 1. The van der Waals surface area contributed by atoms with Crippen molar-refractivity contribution in [2.75, 3.05) is 12.4 Å². The molecule has 3 aromatic carbocycles. The molecule has 5 rings (SSSR count). The molecule has 0 fully saturated rings. The van der Waals surface area contributed by atoms with Crippen molar-refractivity contribution < 1.29 is 18.7 Å². The molecule has 7 nitrogen and oxygen atoms in total. The van der Waals surface area contributed by atoms with Crippen LogP contribution in [0.25, 0.3) is 33.8 Å². The molecule has 0 aliphatic rings. The highest BCUT2D eigenvalue weighted by atomic mass is 19.1. The van der Waals surface area contributed by atoms with Gasteiger partial charge in [0, 0.05) is 28.3 Å². The zero-order chi connectivity index (χ0) is 27.4. The lowest BCUT2D eigenvalue weighted by Crippen LogP contribution is -2.15. The first-order valence-electron chi connectivity index (χ1n) is 12.2. The van der Waals surface area contributed by atoms with Gasteiger partial charge in [0.15, 0.2) is 0 Å². The molecule has 0 bridgehead atoms. The van der Waals surface area contributed by atoms with E-state index in [1.165, 1.54) is 19.2 Å². The van der Waals surface area contributed by atoms with Crippen LogP contribution in [-0.2, 0) is 16.0 Å². The van der Waals surface area contributed by atoms with Crippen molar-refractivity contribution in [2.24, 2.45) is 5.73 Å². The van der Waals surface area contributed by atoms with Crippen LogP contribution in [0.4, 0.5) is 10.2 Å². The monoisotopic (exact) mass is 520 g/mol. The Morgan fingerprint density at radius 1 is 1.03 bits per heavy atom. The lowest BCUT2D eigenvalue weighted by molar-refractivity contribution is -0.115. The molecular formula is C31H25FN4O3. The Hall–Kier alpha value is -5.24. The molecule has 4 N–H and O–H groups in total. The number of primary amides is 1. The number of aromatic amines is 1. The van der Waals surface area contributed by atoms with Crippen molar-refractivity contribution in [1.29, 1.82) is 0 Å².